The SMILES string of the molecule is NC(c1cccc(Cl)c1)C1CCC(F)(F)CC1. The van der Waals surface area contributed by atoms with Crippen LogP contribution in [0, 0.1) is 5.92 Å². The maximum atomic E-state index is 13.0. The second-order valence-corrected chi connectivity index (χ2v) is 5.21. The van der Waals surface area contributed by atoms with Crippen molar-refractivity contribution in [2.45, 2.75) is 37.6 Å². The van der Waals surface area contributed by atoms with Gasteiger partial charge in [-0.25, -0.2) is 8.78 Å². The zero-order valence-electron chi connectivity index (χ0n) is 9.50. The largest absolute Gasteiger partial charge is 0.324 e. The first-order valence-electron chi connectivity index (χ1n) is 5.87. The summed E-state index contributed by atoms with van der Waals surface area (Å²) in [6, 6.07) is 7.16. The Balaban J connectivity index is 2.04. The second kappa shape index (κ2) is 4.91. The summed E-state index contributed by atoms with van der Waals surface area (Å²) in [5, 5.41) is 0.638. The normalized spacial score (nSPS) is 22.4. The van der Waals surface area contributed by atoms with Crippen molar-refractivity contribution in [3.8, 4) is 0 Å². The van der Waals surface area contributed by atoms with Crippen LogP contribution in [0.3, 0.4) is 0 Å². The molecule has 1 aliphatic carbocycles. The number of rotatable bonds is 2. The van der Waals surface area contributed by atoms with Crippen molar-refractivity contribution in [3.63, 3.8) is 0 Å². The fraction of sp³-hybridized carbons (Fsp3) is 0.538. The van der Waals surface area contributed by atoms with E-state index in [-0.39, 0.29) is 24.8 Å². The molecule has 1 unspecified atom stereocenters. The van der Waals surface area contributed by atoms with E-state index in [1.54, 1.807) is 6.07 Å². The maximum absolute atomic E-state index is 13.0. The average molecular weight is 260 g/mol. The van der Waals surface area contributed by atoms with Gasteiger partial charge in [0.15, 0.2) is 0 Å². The van der Waals surface area contributed by atoms with E-state index >= 15 is 0 Å². The molecular weight excluding hydrogens is 244 g/mol. The molecule has 94 valence electrons. The maximum Gasteiger partial charge on any atom is 0.248 e. The standard InChI is InChI=1S/C13H16ClF2N/c14-11-3-1-2-10(8-11)12(17)9-4-6-13(15,16)7-5-9/h1-3,8-9,12H,4-7,17H2. The molecule has 17 heavy (non-hydrogen) atoms. The lowest BCUT2D eigenvalue weighted by Crippen LogP contribution is -2.30. The summed E-state index contributed by atoms with van der Waals surface area (Å²) in [6.45, 7) is 0. The first kappa shape index (κ1) is 12.8. The number of halogens is 3. The Morgan fingerprint density at radius 1 is 1.29 bits per heavy atom. The smallest absolute Gasteiger partial charge is 0.248 e. The van der Waals surface area contributed by atoms with E-state index in [1.807, 2.05) is 18.2 Å². The molecule has 0 heterocycles. The van der Waals surface area contributed by atoms with Gasteiger partial charge in [0.05, 0.1) is 0 Å². The molecule has 0 bridgehead atoms. The quantitative estimate of drug-likeness (QED) is 0.848. The third kappa shape index (κ3) is 3.17. The predicted molar refractivity (Wildman–Crippen MR) is 65.3 cm³/mol. The van der Waals surface area contributed by atoms with Gasteiger partial charge in [-0.05, 0) is 36.5 Å². The number of hydrogen-bond acceptors (Lipinski definition) is 1. The van der Waals surface area contributed by atoms with E-state index in [0.29, 0.717) is 17.9 Å². The highest BCUT2D eigenvalue weighted by atomic mass is 35.5. The lowest BCUT2D eigenvalue weighted by atomic mass is 9.80. The summed E-state index contributed by atoms with van der Waals surface area (Å²) in [4.78, 5) is 0. The highest BCUT2D eigenvalue weighted by Gasteiger charge is 2.37. The molecule has 0 spiro atoms. The van der Waals surface area contributed by atoms with Gasteiger partial charge in [-0.1, -0.05) is 23.7 Å². The minimum absolute atomic E-state index is 0.0497. The zero-order valence-corrected chi connectivity index (χ0v) is 10.3. The number of benzene rings is 1. The van der Waals surface area contributed by atoms with E-state index in [4.69, 9.17) is 17.3 Å². The molecule has 0 aromatic heterocycles. The fourth-order valence-electron chi connectivity index (χ4n) is 2.41. The highest BCUT2D eigenvalue weighted by molar-refractivity contribution is 6.30. The molecule has 1 aromatic carbocycles. The van der Waals surface area contributed by atoms with Crippen molar-refractivity contribution in [1.29, 1.82) is 0 Å². The molecule has 1 aliphatic rings. The van der Waals surface area contributed by atoms with Gasteiger partial charge >= 0.3 is 0 Å². The molecule has 0 aliphatic heterocycles. The summed E-state index contributed by atoms with van der Waals surface area (Å²) in [5.74, 6) is -2.36. The summed E-state index contributed by atoms with van der Waals surface area (Å²) in [5.41, 5.74) is 7.06. The molecule has 1 nitrogen and oxygen atoms in total. The van der Waals surface area contributed by atoms with Gasteiger partial charge in [0, 0.05) is 23.9 Å². The van der Waals surface area contributed by atoms with Crippen LogP contribution in [0.5, 0.6) is 0 Å². The van der Waals surface area contributed by atoms with E-state index in [2.05, 4.69) is 0 Å². The molecule has 1 atom stereocenters. The summed E-state index contributed by atoms with van der Waals surface area (Å²) < 4.78 is 26.1. The Morgan fingerprint density at radius 3 is 2.53 bits per heavy atom. The van der Waals surface area contributed by atoms with Crippen molar-refractivity contribution < 1.29 is 8.78 Å². The number of hydrogen-bond donors (Lipinski definition) is 1. The van der Waals surface area contributed by atoms with E-state index in [9.17, 15) is 8.78 Å². The lowest BCUT2D eigenvalue weighted by molar-refractivity contribution is -0.0483. The summed E-state index contributed by atoms with van der Waals surface area (Å²) in [7, 11) is 0. The number of alkyl halides is 2. The van der Waals surface area contributed by atoms with Gasteiger partial charge in [-0.15, -0.1) is 0 Å². The monoisotopic (exact) mass is 259 g/mol. The Kier molecular flexibility index (Phi) is 3.69. The van der Waals surface area contributed by atoms with Crippen LogP contribution in [0.25, 0.3) is 0 Å². The summed E-state index contributed by atoms with van der Waals surface area (Å²) >= 11 is 5.90. The van der Waals surface area contributed by atoms with Crippen molar-refractivity contribution in [3.05, 3.63) is 34.9 Å². The lowest BCUT2D eigenvalue weighted by Gasteiger charge is -2.32. The molecule has 0 saturated heterocycles. The van der Waals surface area contributed by atoms with Gasteiger partial charge in [-0.3, -0.25) is 0 Å². The number of nitrogens with two attached hydrogens (primary N) is 1. The van der Waals surface area contributed by atoms with Crippen LogP contribution in [0.2, 0.25) is 5.02 Å². The van der Waals surface area contributed by atoms with E-state index in [0.717, 1.165) is 5.56 Å². The van der Waals surface area contributed by atoms with Crippen LogP contribution in [-0.2, 0) is 0 Å². The average Bonchev–Trinajstić information content (AvgIpc) is 2.28. The first-order chi connectivity index (χ1) is 7.98. The van der Waals surface area contributed by atoms with E-state index < -0.39 is 5.92 Å². The topological polar surface area (TPSA) is 26.0 Å². The van der Waals surface area contributed by atoms with Crippen LogP contribution >= 0.6 is 11.6 Å². The minimum atomic E-state index is -2.50. The Morgan fingerprint density at radius 2 is 1.94 bits per heavy atom. The fourth-order valence-corrected chi connectivity index (χ4v) is 2.61. The van der Waals surface area contributed by atoms with E-state index in [1.165, 1.54) is 0 Å². The molecule has 1 aromatic rings. The first-order valence-corrected chi connectivity index (χ1v) is 6.25. The van der Waals surface area contributed by atoms with Crippen LogP contribution in [0.15, 0.2) is 24.3 Å². The van der Waals surface area contributed by atoms with Crippen molar-refractivity contribution in [2.24, 2.45) is 11.7 Å². The molecule has 0 radical (unpaired) electrons. The third-order valence-corrected chi connectivity index (χ3v) is 3.74. The molecule has 1 fully saturated rings. The van der Waals surface area contributed by atoms with Gasteiger partial charge in [-0.2, -0.15) is 0 Å². The van der Waals surface area contributed by atoms with Gasteiger partial charge < -0.3 is 5.73 Å². The zero-order chi connectivity index (χ0) is 12.5. The minimum Gasteiger partial charge on any atom is -0.324 e. The van der Waals surface area contributed by atoms with Crippen molar-refractivity contribution >= 4 is 11.6 Å². The van der Waals surface area contributed by atoms with Crippen molar-refractivity contribution in [2.75, 3.05) is 0 Å². The predicted octanol–water partition coefficient (Wildman–Crippen LogP) is 4.17. The van der Waals surface area contributed by atoms with Gasteiger partial charge in [0.2, 0.25) is 5.92 Å². The Bertz CT molecular complexity index is 385. The van der Waals surface area contributed by atoms with Crippen LogP contribution in [0.4, 0.5) is 8.78 Å². The second-order valence-electron chi connectivity index (χ2n) is 4.77. The van der Waals surface area contributed by atoms with Gasteiger partial charge in [0.1, 0.15) is 0 Å². The summed E-state index contributed by atoms with van der Waals surface area (Å²) in [6.07, 6.45) is 0.874. The molecule has 0 amide bonds. The van der Waals surface area contributed by atoms with Gasteiger partial charge in [0.25, 0.3) is 0 Å². The molecule has 2 N–H and O–H groups in total. The van der Waals surface area contributed by atoms with Crippen LogP contribution in [0.1, 0.15) is 37.3 Å². The Labute approximate surface area is 105 Å². The van der Waals surface area contributed by atoms with Crippen molar-refractivity contribution in [1.82, 2.24) is 0 Å². The molecule has 1 saturated carbocycles. The van der Waals surface area contributed by atoms with Crippen LogP contribution in [-0.4, -0.2) is 5.92 Å². The Hall–Kier alpha value is -0.670. The molecular formula is C13H16ClF2N. The molecule has 2 rings (SSSR count). The highest BCUT2D eigenvalue weighted by Crippen LogP contribution is 2.40. The molecule has 4 heteroatoms. The third-order valence-electron chi connectivity index (χ3n) is 3.50. The van der Waals surface area contributed by atoms with Crippen LogP contribution < -0.4 is 5.73 Å².